The van der Waals surface area contributed by atoms with E-state index < -0.39 is 21.8 Å². The lowest BCUT2D eigenvalue weighted by molar-refractivity contribution is 0.0244. The van der Waals surface area contributed by atoms with E-state index in [1.54, 1.807) is 0 Å². The van der Waals surface area contributed by atoms with Crippen LogP contribution < -0.4 is 0 Å². The van der Waals surface area contributed by atoms with Crippen LogP contribution in [0.2, 0.25) is 0 Å². The van der Waals surface area contributed by atoms with Crippen LogP contribution in [0.3, 0.4) is 0 Å². The summed E-state index contributed by atoms with van der Waals surface area (Å²) in [5.74, 6) is -2.25. The molecule has 1 aromatic rings. The highest BCUT2D eigenvalue weighted by Crippen LogP contribution is 2.29. The van der Waals surface area contributed by atoms with E-state index >= 15 is 0 Å². The van der Waals surface area contributed by atoms with Crippen molar-refractivity contribution in [3.63, 3.8) is 0 Å². The van der Waals surface area contributed by atoms with Gasteiger partial charge < -0.3 is 14.6 Å². The topological polar surface area (TPSA) is 93.1 Å². The second-order valence-corrected chi connectivity index (χ2v) is 7.17. The van der Waals surface area contributed by atoms with E-state index in [0.29, 0.717) is 0 Å². The number of benzene rings is 1. The number of carboxylic acids is 1. The normalized spacial score (nSPS) is 25.4. The highest BCUT2D eigenvalue weighted by atomic mass is 32.2. The molecule has 1 N–H and O–H groups in total. The van der Waals surface area contributed by atoms with Gasteiger partial charge in [-0.05, 0) is 24.6 Å². The maximum Gasteiger partial charge on any atom is 0.336 e. The van der Waals surface area contributed by atoms with Crippen molar-refractivity contribution in [2.45, 2.75) is 24.0 Å². The van der Waals surface area contributed by atoms with Gasteiger partial charge in [-0.2, -0.15) is 4.31 Å². The van der Waals surface area contributed by atoms with Crippen LogP contribution in [0.1, 0.15) is 15.9 Å². The third kappa shape index (κ3) is 2.39. The molecule has 2 aliphatic heterocycles. The number of halogens is 1. The molecule has 22 heavy (non-hydrogen) atoms. The minimum absolute atomic E-state index is 0.101. The number of carbonyl (C=O) groups is 1. The van der Waals surface area contributed by atoms with Gasteiger partial charge in [-0.15, -0.1) is 0 Å². The number of hydrogen-bond donors (Lipinski definition) is 1. The minimum atomic E-state index is -4.01. The largest absolute Gasteiger partial charge is 0.478 e. The fourth-order valence-electron chi connectivity index (χ4n) is 2.62. The molecule has 3 rings (SSSR count). The number of fused-ring (bicyclic) bond motifs is 1. The predicted octanol–water partition coefficient (Wildman–Crippen LogP) is 0.578. The maximum absolute atomic E-state index is 13.9. The molecule has 1 aromatic carbocycles. The predicted molar refractivity (Wildman–Crippen MR) is 71.5 cm³/mol. The van der Waals surface area contributed by atoms with Gasteiger partial charge in [0, 0.05) is 13.1 Å². The molecule has 120 valence electrons. The third-order valence-electron chi connectivity index (χ3n) is 3.93. The Morgan fingerprint density at radius 2 is 1.91 bits per heavy atom. The molecule has 9 heteroatoms. The second kappa shape index (κ2) is 5.27. The summed E-state index contributed by atoms with van der Waals surface area (Å²) in [5, 5.41) is 9.06. The quantitative estimate of drug-likeness (QED) is 0.871. The average Bonchev–Trinajstić information content (AvgIpc) is 3.02. The zero-order valence-corrected chi connectivity index (χ0v) is 12.5. The van der Waals surface area contributed by atoms with Crippen molar-refractivity contribution < 1.29 is 32.2 Å². The van der Waals surface area contributed by atoms with Crippen molar-refractivity contribution in [3.05, 3.63) is 29.1 Å². The van der Waals surface area contributed by atoms with Gasteiger partial charge in [0.25, 0.3) is 0 Å². The molecule has 2 aliphatic rings. The Morgan fingerprint density at radius 3 is 2.45 bits per heavy atom. The summed E-state index contributed by atoms with van der Waals surface area (Å²) < 4.78 is 50.6. The standard InChI is InChI=1S/C13H14FNO6S/c1-7-9(13(16)17)2-8(3-10(7)14)22(18,19)15-4-11-12(5-15)21-6-20-11/h2-3,11-12H,4-6H2,1H3,(H,16,17)/t11-,12+. The number of aromatic carboxylic acids is 1. The summed E-state index contributed by atoms with van der Waals surface area (Å²) >= 11 is 0. The minimum Gasteiger partial charge on any atom is -0.478 e. The van der Waals surface area contributed by atoms with E-state index in [9.17, 15) is 17.6 Å². The van der Waals surface area contributed by atoms with E-state index in [0.717, 1.165) is 16.4 Å². The summed E-state index contributed by atoms with van der Waals surface area (Å²) in [6, 6.07) is 1.82. The van der Waals surface area contributed by atoms with Gasteiger partial charge in [-0.25, -0.2) is 17.6 Å². The lowest BCUT2D eigenvalue weighted by atomic mass is 10.1. The number of hydrogen-bond acceptors (Lipinski definition) is 5. The Morgan fingerprint density at radius 1 is 1.32 bits per heavy atom. The van der Waals surface area contributed by atoms with Gasteiger partial charge >= 0.3 is 5.97 Å². The molecule has 0 amide bonds. The van der Waals surface area contributed by atoms with Crippen LogP contribution in [0.4, 0.5) is 4.39 Å². The van der Waals surface area contributed by atoms with Crippen molar-refractivity contribution in [1.82, 2.24) is 4.31 Å². The van der Waals surface area contributed by atoms with Gasteiger partial charge in [-0.1, -0.05) is 0 Å². The van der Waals surface area contributed by atoms with Gasteiger partial charge in [0.05, 0.1) is 10.5 Å². The zero-order valence-electron chi connectivity index (χ0n) is 11.7. The van der Waals surface area contributed by atoms with Gasteiger partial charge in [0.1, 0.15) is 24.8 Å². The summed E-state index contributed by atoms with van der Waals surface area (Å²) in [6.45, 7) is 1.62. The number of ether oxygens (including phenoxy) is 2. The molecule has 0 radical (unpaired) electrons. The number of sulfonamides is 1. The molecule has 2 saturated heterocycles. The van der Waals surface area contributed by atoms with Crippen LogP contribution in [-0.4, -0.2) is 55.9 Å². The van der Waals surface area contributed by atoms with Crippen molar-refractivity contribution in [1.29, 1.82) is 0 Å². The fraction of sp³-hybridized carbons (Fsp3) is 0.462. The van der Waals surface area contributed by atoms with Crippen LogP contribution in [0, 0.1) is 12.7 Å². The molecule has 0 bridgehead atoms. The van der Waals surface area contributed by atoms with Crippen LogP contribution in [-0.2, 0) is 19.5 Å². The van der Waals surface area contributed by atoms with Crippen molar-refractivity contribution in [2.75, 3.05) is 19.9 Å². The lowest BCUT2D eigenvalue weighted by Gasteiger charge is -2.18. The Hall–Kier alpha value is -1.55. The van der Waals surface area contributed by atoms with Crippen molar-refractivity contribution in [2.24, 2.45) is 0 Å². The van der Waals surface area contributed by atoms with Gasteiger partial charge in [-0.3, -0.25) is 0 Å². The highest BCUT2D eigenvalue weighted by molar-refractivity contribution is 7.89. The number of carboxylic acid groups (broad SMARTS) is 1. The first-order valence-corrected chi connectivity index (χ1v) is 8.01. The molecule has 0 spiro atoms. The van der Waals surface area contributed by atoms with E-state index in [-0.39, 0.29) is 48.1 Å². The van der Waals surface area contributed by atoms with Crippen molar-refractivity contribution in [3.8, 4) is 0 Å². The molecular weight excluding hydrogens is 317 g/mol. The summed E-state index contributed by atoms with van der Waals surface area (Å²) in [5.41, 5.74) is -0.470. The monoisotopic (exact) mass is 331 g/mol. The first-order chi connectivity index (χ1) is 10.3. The molecule has 0 saturated carbocycles. The fourth-order valence-corrected chi connectivity index (χ4v) is 4.12. The average molecular weight is 331 g/mol. The second-order valence-electron chi connectivity index (χ2n) is 5.23. The van der Waals surface area contributed by atoms with E-state index in [2.05, 4.69) is 0 Å². The van der Waals surface area contributed by atoms with Crippen LogP contribution in [0.5, 0.6) is 0 Å². The first kappa shape index (κ1) is 15.3. The Balaban J connectivity index is 1.98. The Bertz CT molecular complexity index is 722. The molecular formula is C13H14FNO6S. The molecule has 0 unspecified atom stereocenters. The van der Waals surface area contributed by atoms with E-state index in [1.165, 1.54) is 6.92 Å². The SMILES string of the molecule is Cc1c(F)cc(S(=O)(=O)N2C[C@@H]3OCO[C@@H]3C2)cc1C(=O)O. The zero-order chi connectivity index (χ0) is 16.1. The summed E-state index contributed by atoms with van der Waals surface area (Å²) in [6.07, 6.45) is -0.687. The first-order valence-electron chi connectivity index (χ1n) is 6.57. The molecule has 0 aromatic heterocycles. The molecule has 2 atom stereocenters. The number of nitrogens with zero attached hydrogens (tertiary/aromatic N) is 1. The van der Waals surface area contributed by atoms with Crippen LogP contribution in [0.15, 0.2) is 17.0 Å². The Labute approximate surface area is 126 Å². The molecule has 0 aliphatic carbocycles. The maximum atomic E-state index is 13.9. The highest BCUT2D eigenvalue weighted by Gasteiger charge is 2.44. The summed E-state index contributed by atoms with van der Waals surface area (Å²) in [7, 11) is -4.01. The van der Waals surface area contributed by atoms with Gasteiger partial charge in [0.2, 0.25) is 10.0 Å². The van der Waals surface area contributed by atoms with E-state index in [4.69, 9.17) is 14.6 Å². The van der Waals surface area contributed by atoms with Gasteiger partial charge in [0.15, 0.2) is 0 Å². The molecule has 2 fully saturated rings. The molecule has 2 heterocycles. The Kier molecular flexibility index (Phi) is 3.68. The molecule has 7 nitrogen and oxygen atoms in total. The van der Waals surface area contributed by atoms with Crippen LogP contribution >= 0.6 is 0 Å². The van der Waals surface area contributed by atoms with Crippen molar-refractivity contribution >= 4 is 16.0 Å². The summed E-state index contributed by atoms with van der Waals surface area (Å²) in [4.78, 5) is 10.7. The van der Waals surface area contributed by atoms with Crippen LogP contribution in [0.25, 0.3) is 0 Å². The van der Waals surface area contributed by atoms with E-state index in [1.807, 2.05) is 0 Å². The third-order valence-corrected chi connectivity index (χ3v) is 5.74. The smallest absolute Gasteiger partial charge is 0.336 e. The number of rotatable bonds is 3. The lowest BCUT2D eigenvalue weighted by Crippen LogP contribution is -2.31.